The molecule has 0 radical (unpaired) electrons. The molecule has 0 aromatic carbocycles. The Morgan fingerprint density at radius 2 is 2.22 bits per heavy atom. The van der Waals surface area contributed by atoms with Crippen molar-refractivity contribution >= 4 is 43.2 Å². The molecule has 0 spiro atoms. The predicted octanol–water partition coefficient (Wildman–Crippen LogP) is 1.40. The van der Waals surface area contributed by atoms with E-state index in [2.05, 4.69) is 15.9 Å². The zero-order chi connectivity index (χ0) is 13.3. The third kappa shape index (κ3) is 2.76. The van der Waals surface area contributed by atoms with Crippen LogP contribution in [0.5, 0.6) is 0 Å². The molecular formula is C10H13BrN2O3S2. The number of sulfonamides is 1. The number of rotatable bonds is 3. The van der Waals surface area contributed by atoms with Crippen LogP contribution in [0.25, 0.3) is 0 Å². The van der Waals surface area contributed by atoms with Crippen LogP contribution in [0.1, 0.15) is 12.8 Å². The monoisotopic (exact) mass is 352 g/mol. The van der Waals surface area contributed by atoms with Gasteiger partial charge in [0.05, 0.1) is 9.70 Å². The first-order valence-electron chi connectivity index (χ1n) is 5.46. The minimum Gasteiger partial charge on any atom is -0.369 e. The van der Waals surface area contributed by atoms with Crippen molar-refractivity contribution in [2.24, 2.45) is 11.7 Å². The number of primary amides is 1. The second kappa shape index (κ2) is 5.28. The van der Waals surface area contributed by atoms with Crippen LogP contribution in [0.3, 0.4) is 0 Å². The Hall–Kier alpha value is -0.440. The molecule has 1 fully saturated rings. The van der Waals surface area contributed by atoms with Gasteiger partial charge >= 0.3 is 0 Å². The molecule has 1 aliphatic rings. The van der Waals surface area contributed by atoms with Crippen LogP contribution in [-0.4, -0.2) is 31.7 Å². The Morgan fingerprint density at radius 1 is 1.50 bits per heavy atom. The summed E-state index contributed by atoms with van der Waals surface area (Å²) in [4.78, 5) is 11.2. The van der Waals surface area contributed by atoms with Gasteiger partial charge in [0, 0.05) is 13.1 Å². The molecule has 0 aliphatic carbocycles. The van der Waals surface area contributed by atoms with E-state index < -0.39 is 15.9 Å². The van der Waals surface area contributed by atoms with Gasteiger partial charge in [0.25, 0.3) is 10.0 Å². The lowest BCUT2D eigenvalue weighted by molar-refractivity contribution is -0.122. The van der Waals surface area contributed by atoms with E-state index in [1.54, 1.807) is 12.1 Å². The molecule has 2 rings (SSSR count). The first-order valence-corrected chi connectivity index (χ1v) is 8.51. The van der Waals surface area contributed by atoms with Gasteiger partial charge in [-0.25, -0.2) is 8.42 Å². The zero-order valence-corrected chi connectivity index (χ0v) is 12.7. The van der Waals surface area contributed by atoms with E-state index in [9.17, 15) is 13.2 Å². The molecule has 0 bridgehead atoms. The van der Waals surface area contributed by atoms with Crippen molar-refractivity contribution in [3.63, 3.8) is 0 Å². The molecule has 8 heteroatoms. The average Bonchev–Trinajstić information content (AvgIpc) is 2.77. The summed E-state index contributed by atoms with van der Waals surface area (Å²) in [5.41, 5.74) is 5.25. The van der Waals surface area contributed by atoms with Crippen LogP contribution in [0.4, 0.5) is 0 Å². The van der Waals surface area contributed by atoms with Crippen LogP contribution in [0.2, 0.25) is 0 Å². The number of nitrogens with two attached hydrogens (primary N) is 1. The van der Waals surface area contributed by atoms with Crippen molar-refractivity contribution in [1.82, 2.24) is 4.31 Å². The maximum absolute atomic E-state index is 12.3. The van der Waals surface area contributed by atoms with Gasteiger partial charge < -0.3 is 5.73 Å². The molecule has 1 atom stereocenters. The van der Waals surface area contributed by atoms with Crippen LogP contribution in [-0.2, 0) is 14.8 Å². The topological polar surface area (TPSA) is 80.5 Å². The molecular weight excluding hydrogens is 340 g/mol. The number of hydrogen-bond acceptors (Lipinski definition) is 4. The zero-order valence-electron chi connectivity index (χ0n) is 9.50. The Balaban J connectivity index is 2.22. The predicted molar refractivity (Wildman–Crippen MR) is 72.7 cm³/mol. The van der Waals surface area contributed by atoms with Gasteiger partial charge in [-0.1, -0.05) is 0 Å². The van der Waals surface area contributed by atoms with E-state index in [4.69, 9.17) is 5.73 Å². The average molecular weight is 353 g/mol. The van der Waals surface area contributed by atoms with Crippen molar-refractivity contribution < 1.29 is 13.2 Å². The summed E-state index contributed by atoms with van der Waals surface area (Å²) >= 11 is 4.41. The molecule has 5 nitrogen and oxygen atoms in total. The molecule has 1 aromatic heterocycles. The number of piperidine rings is 1. The van der Waals surface area contributed by atoms with Crippen molar-refractivity contribution in [3.8, 4) is 0 Å². The lowest BCUT2D eigenvalue weighted by atomic mass is 9.99. The Morgan fingerprint density at radius 3 is 2.78 bits per heavy atom. The maximum Gasteiger partial charge on any atom is 0.252 e. The van der Waals surface area contributed by atoms with Gasteiger partial charge in [0.1, 0.15) is 4.21 Å². The van der Waals surface area contributed by atoms with Crippen LogP contribution in [0.15, 0.2) is 20.1 Å². The normalized spacial score (nSPS) is 21.9. The minimum absolute atomic E-state index is 0.188. The molecule has 2 N–H and O–H groups in total. The number of thiophene rings is 1. The second-order valence-electron chi connectivity index (χ2n) is 4.16. The van der Waals surface area contributed by atoms with Crippen LogP contribution < -0.4 is 5.73 Å². The summed E-state index contributed by atoms with van der Waals surface area (Å²) in [5, 5.41) is 0. The van der Waals surface area contributed by atoms with Gasteiger partial charge in [0.2, 0.25) is 5.91 Å². The molecule has 2 heterocycles. The van der Waals surface area contributed by atoms with Gasteiger partial charge in [-0.15, -0.1) is 11.3 Å². The van der Waals surface area contributed by atoms with E-state index in [1.807, 2.05) is 0 Å². The summed E-state index contributed by atoms with van der Waals surface area (Å²) < 4.78 is 27.1. The summed E-state index contributed by atoms with van der Waals surface area (Å²) in [5.74, 6) is -0.806. The quantitative estimate of drug-likeness (QED) is 0.892. The Kier molecular flexibility index (Phi) is 4.10. The second-order valence-corrected chi connectivity index (χ2v) is 8.79. The van der Waals surface area contributed by atoms with Gasteiger partial charge in [-0.05, 0) is 40.9 Å². The highest BCUT2D eigenvalue weighted by Crippen LogP contribution is 2.30. The van der Waals surface area contributed by atoms with Gasteiger partial charge in [0.15, 0.2) is 0 Å². The van der Waals surface area contributed by atoms with Crippen LogP contribution in [0, 0.1) is 5.92 Å². The lowest BCUT2D eigenvalue weighted by Crippen LogP contribution is -2.43. The molecule has 1 aromatic rings. The Labute approximate surface area is 118 Å². The minimum atomic E-state index is -3.49. The number of halogens is 1. The number of carbonyl (C=O) groups is 1. The highest BCUT2D eigenvalue weighted by Gasteiger charge is 2.33. The first-order chi connectivity index (χ1) is 8.41. The van der Waals surface area contributed by atoms with Crippen molar-refractivity contribution in [2.75, 3.05) is 13.1 Å². The van der Waals surface area contributed by atoms with Crippen molar-refractivity contribution in [3.05, 3.63) is 15.9 Å². The maximum atomic E-state index is 12.3. The van der Waals surface area contributed by atoms with E-state index in [0.717, 1.165) is 3.79 Å². The molecule has 0 saturated carbocycles. The third-order valence-electron chi connectivity index (χ3n) is 2.93. The fraction of sp³-hybridized carbons (Fsp3) is 0.500. The number of amides is 1. The largest absolute Gasteiger partial charge is 0.369 e. The third-order valence-corrected chi connectivity index (χ3v) is 6.89. The van der Waals surface area contributed by atoms with Crippen molar-refractivity contribution in [1.29, 1.82) is 0 Å². The highest BCUT2D eigenvalue weighted by molar-refractivity contribution is 9.11. The van der Waals surface area contributed by atoms with Crippen molar-refractivity contribution in [2.45, 2.75) is 17.1 Å². The summed E-state index contributed by atoms with van der Waals surface area (Å²) in [6.07, 6.45) is 1.33. The SMILES string of the molecule is NC(=O)[C@H]1CCCN(S(=O)(=O)c2ccc(Br)s2)C1. The smallest absolute Gasteiger partial charge is 0.252 e. The summed E-state index contributed by atoms with van der Waals surface area (Å²) in [6, 6.07) is 3.27. The van der Waals surface area contributed by atoms with Gasteiger partial charge in [-0.2, -0.15) is 4.31 Å². The summed E-state index contributed by atoms with van der Waals surface area (Å²) in [6.45, 7) is 0.634. The van der Waals surface area contributed by atoms with E-state index in [1.165, 1.54) is 15.6 Å². The standard InChI is InChI=1S/C10H13BrN2O3S2/c11-8-3-4-9(17-8)18(15,16)13-5-1-2-7(6-13)10(12)14/h3-4,7H,1-2,5-6H2,(H2,12,14)/t7-/m0/s1. The summed E-state index contributed by atoms with van der Waals surface area (Å²) in [7, 11) is -3.49. The molecule has 0 unspecified atom stereocenters. The first kappa shape index (κ1) is 14.0. The molecule has 1 aliphatic heterocycles. The fourth-order valence-corrected chi connectivity index (χ4v) is 5.64. The van der Waals surface area contributed by atoms with E-state index in [0.29, 0.717) is 23.6 Å². The Bertz CT molecular complexity index is 555. The molecule has 100 valence electrons. The van der Waals surface area contributed by atoms with E-state index in [-0.39, 0.29) is 12.5 Å². The number of hydrogen-bond donors (Lipinski definition) is 1. The molecule has 1 amide bonds. The molecule has 18 heavy (non-hydrogen) atoms. The number of nitrogens with zero attached hydrogens (tertiary/aromatic N) is 1. The molecule has 1 saturated heterocycles. The lowest BCUT2D eigenvalue weighted by Gasteiger charge is -2.29. The fourth-order valence-electron chi connectivity index (χ4n) is 1.96. The van der Waals surface area contributed by atoms with Gasteiger partial charge in [-0.3, -0.25) is 4.79 Å². The van der Waals surface area contributed by atoms with E-state index >= 15 is 0 Å². The number of carbonyl (C=O) groups excluding carboxylic acids is 1. The van der Waals surface area contributed by atoms with Crippen LogP contribution >= 0.6 is 27.3 Å². The highest BCUT2D eigenvalue weighted by atomic mass is 79.9.